The van der Waals surface area contributed by atoms with Gasteiger partial charge in [0.05, 0.1) is 14.2 Å². The van der Waals surface area contributed by atoms with Gasteiger partial charge < -0.3 is 9.47 Å². The lowest BCUT2D eigenvalue weighted by Crippen LogP contribution is -1.91. The molecule has 0 unspecified atom stereocenters. The van der Waals surface area contributed by atoms with Gasteiger partial charge in [0.25, 0.3) is 0 Å². The summed E-state index contributed by atoms with van der Waals surface area (Å²) in [5.41, 5.74) is 2.85. The van der Waals surface area contributed by atoms with Crippen LogP contribution in [0.1, 0.15) is 5.56 Å². The molecule has 0 radical (unpaired) electrons. The minimum absolute atomic E-state index is 0.663. The lowest BCUT2D eigenvalue weighted by atomic mass is 10.2. The Bertz CT molecular complexity index is 765. The summed E-state index contributed by atoms with van der Waals surface area (Å²) < 4.78 is 12.3. The second kappa shape index (κ2) is 4.85. The summed E-state index contributed by atoms with van der Waals surface area (Å²) >= 11 is 0. The van der Waals surface area contributed by atoms with E-state index in [2.05, 4.69) is 10.1 Å². The third-order valence-corrected chi connectivity index (χ3v) is 3.12. The second-order valence-corrected chi connectivity index (χ2v) is 4.51. The fourth-order valence-electron chi connectivity index (χ4n) is 2.08. The molecule has 20 heavy (non-hydrogen) atoms. The number of hydrogen-bond acceptors (Lipinski definition) is 4. The van der Waals surface area contributed by atoms with Crippen LogP contribution in [-0.4, -0.2) is 28.8 Å². The van der Waals surface area contributed by atoms with E-state index >= 15 is 0 Å². The smallest absolute Gasteiger partial charge is 0.182 e. The van der Waals surface area contributed by atoms with Gasteiger partial charge in [-0.15, -0.1) is 5.10 Å². The Hall–Kier alpha value is -2.56. The van der Waals surface area contributed by atoms with Gasteiger partial charge in [0.1, 0.15) is 0 Å². The van der Waals surface area contributed by atoms with Crippen molar-refractivity contribution in [2.45, 2.75) is 6.92 Å². The molecule has 3 aromatic rings. The van der Waals surface area contributed by atoms with E-state index in [0.29, 0.717) is 17.3 Å². The van der Waals surface area contributed by atoms with Crippen LogP contribution in [0, 0.1) is 6.92 Å². The number of nitrogens with zero attached hydrogens (tertiary/aromatic N) is 3. The average Bonchev–Trinajstić information content (AvgIpc) is 2.89. The molecule has 0 aliphatic carbocycles. The van der Waals surface area contributed by atoms with Crippen molar-refractivity contribution in [3.8, 4) is 22.9 Å². The molecule has 0 saturated heterocycles. The maximum atomic E-state index is 5.30. The maximum absolute atomic E-state index is 5.30. The van der Waals surface area contributed by atoms with Crippen LogP contribution in [0.2, 0.25) is 0 Å². The molecule has 0 bridgehead atoms. The monoisotopic (exact) mass is 269 g/mol. The quantitative estimate of drug-likeness (QED) is 0.733. The lowest BCUT2D eigenvalue weighted by Gasteiger charge is -2.07. The summed E-state index contributed by atoms with van der Waals surface area (Å²) in [5, 5.41) is 4.48. The SMILES string of the molecule is COc1ccc(-c2nc3ccc(C)cn3n2)cc1OC. The molecule has 3 rings (SSSR count). The van der Waals surface area contributed by atoms with Crippen LogP contribution < -0.4 is 9.47 Å². The molecule has 0 aliphatic rings. The molecule has 1 aromatic carbocycles. The van der Waals surface area contributed by atoms with Gasteiger partial charge in [0.15, 0.2) is 23.0 Å². The zero-order valence-electron chi connectivity index (χ0n) is 11.6. The van der Waals surface area contributed by atoms with Crippen LogP contribution in [0.5, 0.6) is 11.5 Å². The molecule has 0 aliphatic heterocycles. The van der Waals surface area contributed by atoms with Crippen LogP contribution in [0.3, 0.4) is 0 Å². The van der Waals surface area contributed by atoms with E-state index in [1.807, 2.05) is 43.5 Å². The summed E-state index contributed by atoms with van der Waals surface area (Å²) in [5.74, 6) is 2.02. The Morgan fingerprint density at radius 2 is 1.80 bits per heavy atom. The molecular weight excluding hydrogens is 254 g/mol. The van der Waals surface area contributed by atoms with E-state index in [4.69, 9.17) is 9.47 Å². The molecule has 0 N–H and O–H groups in total. The van der Waals surface area contributed by atoms with Crippen molar-refractivity contribution >= 4 is 5.65 Å². The van der Waals surface area contributed by atoms with E-state index in [1.54, 1.807) is 18.7 Å². The van der Waals surface area contributed by atoms with Gasteiger partial charge in [-0.1, -0.05) is 6.07 Å². The molecule has 5 nitrogen and oxygen atoms in total. The minimum Gasteiger partial charge on any atom is -0.493 e. The van der Waals surface area contributed by atoms with E-state index in [9.17, 15) is 0 Å². The van der Waals surface area contributed by atoms with Gasteiger partial charge in [0, 0.05) is 11.8 Å². The Kier molecular flexibility index (Phi) is 3.02. The number of hydrogen-bond donors (Lipinski definition) is 0. The summed E-state index contributed by atoms with van der Waals surface area (Å²) in [6.07, 6.45) is 1.95. The zero-order chi connectivity index (χ0) is 14.1. The number of aromatic nitrogens is 3. The van der Waals surface area contributed by atoms with Crippen molar-refractivity contribution < 1.29 is 9.47 Å². The summed E-state index contributed by atoms with van der Waals surface area (Å²) in [7, 11) is 3.23. The molecule has 102 valence electrons. The number of ether oxygens (including phenoxy) is 2. The van der Waals surface area contributed by atoms with Crippen molar-refractivity contribution in [2.75, 3.05) is 14.2 Å². The number of benzene rings is 1. The Balaban J connectivity index is 2.10. The molecule has 2 aromatic heterocycles. The molecule has 5 heteroatoms. The predicted octanol–water partition coefficient (Wildman–Crippen LogP) is 2.72. The first-order chi connectivity index (χ1) is 9.71. The fourth-order valence-corrected chi connectivity index (χ4v) is 2.08. The molecule has 0 spiro atoms. The Labute approximate surface area is 116 Å². The van der Waals surface area contributed by atoms with Gasteiger partial charge in [-0.05, 0) is 36.8 Å². The van der Waals surface area contributed by atoms with Crippen molar-refractivity contribution in [1.29, 1.82) is 0 Å². The van der Waals surface area contributed by atoms with E-state index in [1.165, 1.54) is 0 Å². The largest absolute Gasteiger partial charge is 0.493 e. The van der Waals surface area contributed by atoms with Gasteiger partial charge in [-0.3, -0.25) is 0 Å². The van der Waals surface area contributed by atoms with Gasteiger partial charge in [-0.25, -0.2) is 9.50 Å². The van der Waals surface area contributed by atoms with Crippen LogP contribution >= 0.6 is 0 Å². The highest BCUT2D eigenvalue weighted by molar-refractivity contribution is 5.63. The van der Waals surface area contributed by atoms with Crippen LogP contribution in [0.15, 0.2) is 36.5 Å². The summed E-state index contributed by atoms with van der Waals surface area (Å²) in [6.45, 7) is 2.03. The van der Waals surface area contributed by atoms with Gasteiger partial charge in [-0.2, -0.15) is 0 Å². The first kappa shape index (κ1) is 12.5. The molecule has 0 amide bonds. The van der Waals surface area contributed by atoms with Crippen molar-refractivity contribution in [3.05, 3.63) is 42.1 Å². The van der Waals surface area contributed by atoms with Crippen LogP contribution in [0.25, 0.3) is 17.0 Å². The highest BCUT2D eigenvalue weighted by Crippen LogP contribution is 2.31. The predicted molar refractivity (Wildman–Crippen MR) is 76.3 cm³/mol. The summed E-state index contributed by atoms with van der Waals surface area (Å²) in [4.78, 5) is 4.51. The van der Waals surface area contributed by atoms with Crippen molar-refractivity contribution in [3.63, 3.8) is 0 Å². The van der Waals surface area contributed by atoms with E-state index in [0.717, 1.165) is 16.8 Å². The highest BCUT2D eigenvalue weighted by Gasteiger charge is 2.10. The Morgan fingerprint density at radius 1 is 1.00 bits per heavy atom. The van der Waals surface area contributed by atoms with Gasteiger partial charge in [0.2, 0.25) is 0 Å². The highest BCUT2D eigenvalue weighted by atomic mass is 16.5. The van der Waals surface area contributed by atoms with Crippen LogP contribution in [0.4, 0.5) is 0 Å². The topological polar surface area (TPSA) is 48.7 Å². The first-order valence-electron chi connectivity index (χ1n) is 6.26. The number of methoxy groups -OCH3 is 2. The molecular formula is C15H15N3O2. The van der Waals surface area contributed by atoms with Crippen LogP contribution in [-0.2, 0) is 0 Å². The Morgan fingerprint density at radius 3 is 2.55 bits per heavy atom. The third-order valence-electron chi connectivity index (χ3n) is 3.12. The van der Waals surface area contributed by atoms with E-state index < -0.39 is 0 Å². The van der Waals surface area contributed by atoms with Crippen molar-refractivity contribution in [1.82, 2.24) is 14.6 Å². The third kappa shape index (κ3) is 2.07. The lowest BCUT2D eigenvalue weighted by molar-refractivity contribution is 0.355. The summed E-state index contributed by atoms with van der Waals surface area (Å²) in [6, 6.07) is 9.61. The minimum atomic E-state index is 0.663. The second-order valence-electron chi connectivity index (χ2n) is 4.51. The molecule has 0 saturated carbocycles. The molecule has 0 fully saturated rings. The average molecular weight is 269 g/mol. The molecule has 0 atom stereocenters. The fraction of sp³-hybridized carbons (Fsp3) is 0.200. The van der Waals surface area contributed by atoms with Crippen molar-refractivity contribution in [2.24, 2.45) is 0 Å². The number of pyridine rings is 1. The standard InChI is InChI=1S/C15H15N3O2/c1-10-4-7-14-16-15(17-18(14)9-10)11-5-6-12(19-2)13(8-11)20-3/h4-9H,1-3H3. The number of aryl methyl sites for hydroxylation is 1. The first-order valence-corrected chi connectivity index (χ1v) is 6.26. The maximum Gasteiger partial charge on any atom is 0.182 e. The number of fused-ring (bicyclic) bond motifs is 1. The van der Waals surface area contributed by atoms with E-state index in [-0.39, 0.29) is 0 Å². The zero-order valence-corrected chi connectivity index (χ0v) is 11.6. The molecule has 2 heterocycles. The van der Waals surface area contributed by atoms with Gasteiger partial charge >= 0.3 is 0 Å². The normalized spacial score (nSPS) is 10.8. The number of rotatable bonds is 3.